The second-order valence-corrected chi connectivity index (χ2v) is 6.94. The zero-order chi connectivity index (χ0) is 17.0. The van der Waals surface area contributed by atoms with Crippen LogP contribution >= 0.6 is 11.5 Å². The van der Waals surface area contributed by atoms with Crippen molar-refractivity contribution in [2.75, 3.05) is 19.0 Å². The van der Waals surface area contributed by atoms with Gasteiger partial charge in [-0.25, -0.2) is 9.78 Å². The highest BCUT2D eigenvalue weighted by molar-refractivity contribution is 7.09. The molecule has 1 fully saturated rings. The molecule has 1 N–H and O–H groups in total. The molecule has 1 aliphatic rings. The number of aryl methyl sites for hydroxylation is 1. The summed E-state index contributed by atoms with van der Waals surface area (Å²) < 4.78 is 8.95. The van der Waals surface area contributed by atoms with E-state index in [1.54, 1.807) is 4.90 Å². The van der Waals surface area contributed by atoms with Crippen LogP contribution in [0.5, 0.6) is 0 Å². The number of methoxy groups -OCH3 is 1. The predicted molar refractivity (Wildman–Crippen MR) is 88.3 cm³/mol. The predicted octanol–water partition coefficient (Wildman–Crippen LogP) is 1.84. The molecule has 2 rings (SSSR count). The minimum absolute atomic E-state index is 0.0700. The summed E-state index contributed by atoms with van der Waals surface area (Å²) in [6.45, 7) is 6.53. The molecule has 7 nitrogen and oxygen atoms in total. The van der Waals surface area contributed by atoms with Gasteiger partial charge in [0, 0.05) is 18.1 Å². The highest BCUT2D eigenvalue weighted by Gasteiger charge is 2.38. The van der Waals surface area contributed by atoms with Gasteiger partial charge in [0.15, 0.2) is 0 Å². The highest BCUT2D eigenvalue weighted by Crippen LogP contribution is 2.23. The molecule has 0 saturated carbocycles. The molecule has 1 unspecified atom stereocenters. The summed E-state index contributed by atoms with van der Waals surface area (Å²) in [5.74, 6) is 0.608. The van der Waals surface area contributed by atoms with Crippen LogP contribution in [0.15, 0.2) is 0 Å². The number of nitrogens with zero attached hydrogens (tertiary/aromatic N) is 3. The Morgan fingerprint density at radius 3 is 2.78 bits per heavy atom. The fourth-order valence-electron chi connectivity index (χ4n) is 2.81. The van der Waals surface area contributed by atoms with Crippen molar-refractivity contribution in [2.45, 2.75) is 52.1 Å². The van der Waals surface area contributed by atoms with Crippen LogP contribution in [-0.4, -0.2) is 51.9 Å². The second kappa shape index (κ2) is 7.72. The number of likely N-dealkylation sites (tertiary alicyclic amines) is 1. The van der Waals surface area contributed by atoms with Crippen LogP contribution < -0.4 is 5.32 Å². The molecule has 0 bridgehead atoms. The fraction of sp³-hybridized carbons (Fsp3) is 0.733. The van der Waals surface area contributed by atoms with Crippen LogP contribution in [-0.2, 0) is 14.3 Å². The minimum atomic E-state index is -0.472. The van der Waals surface area contributed by atoms with E-state index in [9.17, 15) is 9.59 Å². The summed E-state index contributed by atoms with van der Waals surface area (Å²) in [6.07, 6.45) is 2.14. The van der Waals surface area contributed by atoms with Crippen LogP contribution in [0.25, 0.3) is 0 Å². The molecule has 1 aliphatic heterocycles. The third-order valence-electron chi connectivity index (χ3n) is 3.84. The topological polar surface area (TPSA) is 84.4 Å². The number of hydrogen-bond donors (Lipinski definition) is 1. The van der Waals surface area contributed by atoms with Crippen molar-refractivity contribution in [3.8, 4) is 0 Å². The molecule has 23 heavy (non-hydrogen) atoms. The molecule has 0 radical (unpaired) electrons. The maximum atomic E-state index is 12.9. The monoisotopic (exact) mass is 340 g/mol. The number of carbonyl (C=O) groups excluding carboxylic acids is 2. The number of aromatic nitrogens is 2. The molecule has 1 amide bonds. The van der Waals surface area contributed by atoms with Crippen molar-refractivity contribution >= 4 is 28.5 Å². The Bertz CT molecular complexity index is 561. The zero-order valence-electron chi connectivity index (χ0n) is 14.0. The Labute approximate surface area is 140 Å². The average molecular weight is 340 g/mol. The Hall–Kier alpha value is -1.70. The van der Waals surface area contributed by atoms with Gasteiger partial charge in [0.05, 0.1) is 7.11 Å². The summed E-state index contributed by atoms with van der Waals surface area (Å²) in [5, 5.41) is 3.82. The third kappa shape index (κ3) is 4.40. The lowest BCUT2D eigenvalue weighted by Crippen LogP contribution is -2.48. The van der Waals surface area contributed by atoms with E-state index in [-0.39, 0.29) is 11.9 Å². The van der Waals surface area contributed by atoms with Gasteiger partial charge in [0.2, 0.25) is 11.0 Å². The van der Waals surface area contributed by atoms with Crippen LogP contribution in [0.2, 0.25) is 0 Å². The van der Waals surface area contributed by atoms with Crippen LogP contribution in [0.1, 0.15) is 38.9 Å². The van der Waals surface area contributed by atoms with E-state index in [1.807, 2.05) is 6.92 Å². The van der Waals surface area contributed by atoms with Crippen molar-refractivity contribution in [1.29, 1.82) is 0 Å². The van der Waals surface area contributed by atoms with Crippen LogP contribution in [0.4, 0.5) is 5.13 Å². The number of rotatable bonds is 6. The van der Waals surface area contributed by atoms with Gasteiger partial charge in [0.1, 0.15) is 17.9 Å². The first-order valence-electron chi connectivity index (χ1n) is 7.87. The van der Waals surface area contributed by atoms with Crippen LogP contribution in [0.3, 0.4) is 0 Å². The molecular formula is C15H24N4O3S. The van der Waals surface area contributed by atoms with E-state index in [0.29, 0.717) is 36.3 Å². The lowest BCUT2D eigenvalue weighted by molar-refractivity contribution is -0.151. The van der Waals surface area contributed by atoms with Crippen molar-refractivity contribution in [1.82, 2.24) is 14.3 Å². The lowest BCUT2D eigenvalue weighted by Gasteiger charge is -2.28. The van der Waals surface area contributed by atoms with Gasteiger partial charge < -0.3 is 15.0 Å². The average Bonchev–Trinajstić information content (AvgIpc) is 3.13. The summed E-state index contributed by atoms with van der Waals surface area (Å²) in [4.78, 5) is 30.7. The van der Waals surface area contributed by atoms with Gasteiger partial charge >= 0.3 is 5.97 Å². The Morgan fingerprint density at radius 2 is 2.22 bits per heavy atom. The van der Waals surface area contributed by atoms with Gasteiger partial charge in [-0.05, 0) is 32.1 Å². The summed E-state index contributed by atoms with van der Waals surface area (Å²) in [5.41, 5.74) is 0. The van der Waals surface area contributed by atoms with Gasteiger partial charge in [-0.2, -0.15) is 4.37 Å². The molecular weight excluding hydrogens is 316 g/mol. The number of carbonyl (C=O) groups is 2. The Kier molecular flexibility index (Phi) is 5.92. The van der Waals surface area contributed by atoms with Gasteiger partial charge in [-0.3, -0.25) is 4.79 Å². The normalized spacial score (nSPS) is 19.0. The highest BCUT2D eigenvalue weighted by atomic mass is 32.1. The molecule has 2 heterocycles. The fourth-order valence-corrected chi connectivity index (χ4v) is 3.44. The Morgan fingerprint density at radius 1 is 1.48 bits per heavy atom. The smallest absolute Gasteiger partial charge is 0.328 e. The summed E-state index contributed by atoms with van der Waals surface area (Å²) in [7, 11) is 1.36. The number of ether oxygens (including phenoxy) is 1. The first-order chi connectivity index (χ1) is 10.9. The minimum Gasteiger partial charge on any atom is -0.467 e. The van der Waals surface area contributed by atoms with Crippen molar-refractivity contribution < 1.29 is 14.3 Å². The largest absolute Gasteiger partial charge is 0.467 e. The molecule has 0 aliphatic carbocycles. The van der Waals surface area contributed by atoms with Crippen molar-refractivity contribution in [2.24, 2.45) is 5.92 Å². The lowest BCUT2D eigenvalue weighted by atomic mass is 10.0. The Balaban J connectivity index is 2.13. The van der Waals surface area contributed by atoms with Crippen LogP contribution in [0, 0.1) is 12.8 Å². The van der Waals surface area contributed by atoms with Crippen molar-refractivity contribution in [3.63, 3.8) is 0 Å². The summed E-state index contributed by atoms with van der Waals surface area (Å²) >= 11 is 1.24. The van der Waals surface area contributed by atoms with Crippen molar-refractivity contribution in [3.05, 3.63) is 5.82 Å². The maximum absolute atomic E-state index is 12.9. The molecule has 1 saturated heterocycles. The van der Waals surface area contributed by atoms with E-state index in [0.717, 1.165) is 6.42 Å². The van der Waals surface area contributed by atoms with E-state index < -0.39 is 12.1 Å². The zero-order valence-corrected chi connectivity index (χ0v) is 14.9. The van der Waals surface area contributed by atoms with Gasteiger partial charge in [-0.1, -0.05) is 13.8 Å². The van der Waals surface area contributed by atoms with Gasteiger partial charge in [-0.15, -0.1) is 0 Å². The molecule has 1 aromatic heterocycles. The van der Waals surface area contributed by atoms with Gasteiger partial charge in [0.25, 0.3) is 0 Å². The molecule has 8 heteroatoms. The number of amides is 1. The molecule has 0 spiro atoms. The molecule has 1 aromatic rings. The standard InChI is InChI=1S/C15H24N4O3S/c1-9(2)8-11(17-15-16-10(3)18-23-15)13(20)19-7-5-6-12(19)14(21)22-4/h9,11-12H,5-8H2,1-4H3,(H,16,17,18)/t11?,12-/m0/s1. The first-order valence-corrected chi connectivity index (χ1v) is 8.65. The second-order valence-electron chi connectivity index (χ2n) is 6.19. The summed E-state index contributed by atoms with van der Waals surface area (Å²) in [6, 6.07) is -0.882. The number of nitrogens with one attached hydrogen (secondary N) is 1. The number of esters is 1. The van der Waals surface area contributed by atoms with E-state index in [2.05, 4.69) is 28.5 Å². The molecule has 0 aromatic carbocycles. The quantitative estimate of drug-likeness (QED) is 0.796. The molecule has 128 valence electrons. The number of hydrogen-bond acceptors (Lipinski definition) is 7. The van der Waals surface area contributed by atoms with E-state index in [1.165, 1.54) is 18.6 Å². The molecule has 2 atom stereocenters. The number of anilines is 1. The maximum Gasteiger partial charge on any atom is 0.328 e. The first kappa shape index (κ1) is 17.7. The van der Waals surface area contributed by atoms with E-state index in [4.69, 9.17) is 4.74 Å². The third-order valence-corrected chi connectivity index (χ3v) is 4.58. The SMILES string of the molecule is COC(=O)[C@@H]1CCCN1C(=O)C(CC(C)C)Nc1nc(C)ns1. The van der Waals surface area contributed by atoms with E-state index >= 15 is 0 Å².